The van der Waals surface area contributed by atoms with Gasteiger partial charge >= 0.3 is 5.97 Å². The summed E-state index contributed by atoms with van der Waals surface area (Å²) >= 11 is 0. The summed E-state index contributed by atoms with van der Waals surface area (Å²) in [5.74, 6) is -0.261. The molecule has 0 fully saturated rings. The van der Waals surface area contributed by atoms with Gasteiger partial charge in [0.25, 0.3) is 0 Å². The van der Waals surface area contributed by atoms with E-state index in [1.807, 2.05) is 0 Å². The van der Waals surface area contributed by atoms with Gasteiger partial charge in [-0.1, -0.05) is 167 Å². The van der Waals surface area contributed by atoms with Crippen LogP contribution < -0.4 is 0 Å². The van der Waals surface area contributed by atoms with Gasteiger partial charge < -0.3 is 4.18 Å². The molecule has 0 aliphatic heterocycles. The van der Waals surface area contributed by atoms with Crippen LogP contribution in [0, 0.1) is 0 Å². The monoisotopic (exact) mass is 658 g/mol. The topological polar surface area (TPSA) is 26.3 Å². The smallest absolute Gasteiger partial charge is 0.313 e. The van der Waals surface area contributed by atoms with Crippen LogP contribution in [0.15, 0.2) is 69.3 Å². The van der Waals surface area contributed by atoms with Crippen LogP contribution in [0.1, 0.15) is 165 Å². The fraction of sp³-hybridized carbons (Fsp3) is 0.568. The van der Waals surface area contributed by atoms with Crippen molar-refractivity contribution in [1.29, 1.82) is 0 Å². The highest BCUT2D eigenvalue weighted by Crippen LogP contribution is 2.75. The van der Waals surface area contributed by atoms with E-state index in [4.69, 9.17) is 4.18 Å². The molecule has 0 radical (unpaired) electrons. The van der Waals surface area contributed by atoms with Gasteiger partial charge in [0.1, 0.15) is 0 Å². The van der Waals surface area contributed by atoms with Crippen molar-refractivity contribution in [3.05, 3.63) is 88.0 Å². The second kappa shape index (κ2) is 12.4. The Hall–Kier alpha value is -2.52. The molecular weight excluding hydrogens is 593 g/mol. The molecule has 0 aromatic heterocycles. The van der Waals surface area contributed by atoms with Crippen molar-refractivity contribution in [2.75, 3.05) is 0 Å². The Morgan fingerprint density at radius 3 is 0.957 bits per heavy atom. The van der Waals surface area contributed by atoms with Crippen LogP contribution in [-0.2, 0) is 41.5 Å². The molecule has 3 aromatic carbocycles. The Balaban J connectivity index is 3.00. The summed E-state index contributed by atoms with van der Waals surface area (Å²) in [6, 6.07) is 20.4. The summed E-state index contributed by atoms with van der Waals surface area (Å²) in [6.07, 6.45) is 0. The molecule has 3 aromatic rings. The lowest BCUT2D eigenvalue weighted by molar-refractivity contribution is -0.131. The molecule has 0 aliphatic rings. The van der Waals surface area contributed by atoms with Crippen molar-refractivity contribution in [3.8, 4) is 0 Å². The molecule has 260 valence electrons. The molecule has 0 atom stereocenters. The first kappa shape index (κ1) is 38.9. The normalized spacial score (nSPS) is 14.3. The van der Waals surface area contributed by atoms with Crippen molar-refractivity contribution in [3.63, 3.8) is 0 Å². The predicted molar refractivity (Wildman–Crippen MR) is 206 cm³/mol. The summed E-state index contributed by atoms with van der Waals surface area (Å²) in [6.45, 7) is 43.1. The van der Waals surface area contributed by atoms with Crippen molar-refractivity contribution >= 4 is 16.3 Å². The third-order valence-electron chi connectivity index (χ3n) is 9.03. The highest BCUT2D eigenvalue weighted by Gasteiger charge is 2.48. The number of rotatable bonds is 4. The highest BCUT2D eigenvalue weighted by atomic mass is 32.3. The van der Waals surface area contributed by atoms with E-state index < -0.39 is 10.3 Å². The first-order valence-electron chi connectivity index (χ1n) is 17.4. The Labute approximate surface area is 291 Å². The molecule has 0 heterocycles. The van der Waals surface area contributed by atoms with Gasteiger partial charge in [0.2, 0.25) is 0 Å². The summed E-state index contributed by atoms with van der Waals surface area (Å²) in [5.41, 5.74) is 6.51. The minimum absolute atomic E-state index is 0.0633. The van der Waals surface area contributed by atoms with Crippen LogP contribution in [-0.4, -0.2) is 5.97 Å². The van der Waals surface area contributed by atoms with E-state index in [1.54, 1.807) is 6.92 Å². The second-order valence-corrected chi connectivity index (χ2v) is 22.3. The minimum Gasteiger partial charge on any atom is -0.402 e. The zero-order chi connectivity index (χ0) is 36.3. The lowest BCUT2D eigenvalue weighted by atomic mass is 9.75. The van der Waals surface area contributed by atoms with Crippen LogP contribution in [0.2, 0.25) is 0 Å². The van der Waals surface area contributed by atoms with E-state index in [1.165, 1.54) is 43.2 Å². The Kier molecular flexibility index (Phi) is 10.3. The van der Waals surface area contributed by atoms with Crippen LogP contribution in [0.25, 0.3) is 0 Å². The van der Waals surface area contributed by atoms with Crippen molar-refractivity contribution in [2.24, 2.45) is 0 Å². The summed E-state index contributed by atoms with van der Waals surface area (Å²) in [7, 11) is -2.66. The van der Waals surface area contributed by atoms with Crippen molar-refractivity contribution in [2.45, 2.75) is 179 Å². The van der Waals surface area contributed by atoms with Gasteiger partial charge in [-0.25, -0.2) is 0 Å². The van der Waals surface area contributed by atoms with E-state index in [0.717, 1.165) is 4.90 Å². The molecule has 0 unspecified atom stereocenters. The molecule has 3 heteroatoms. The minimum atomic E-state index is -2.66. The van der Waals surface area contributed by atoms with Gasteiger partial charge in [0.05, 0.1) is 0 Å². The predicted octanol–water partition coefficient (Wildman–Crippen LogP) is 13.2. The molecule has 0 N–H and O–H groups in total. The van der Waals surface area contributed by atoms with Gasteiger partial charge in [-0.05, 0) is 88.3 Å². The average molecular weight is 659 g/mol. The van der Waals surface area contributed by atoms with Crippen LogP contribution in [0.5, 0.6) is 0 Å². The Morgan fingerprint density at radius 1 is 0.468 bits per heavy atom. The number of carbonyl (C=O) groups is 1. The molecule has 0 saturated carbocycles. The lowest BCUT2D eigenvalue weighted by Crippen LogP contribution is -2.30. The van der Waals surface area contributed by atoms with Crippen LogP contribution in [0.3, 0.4) is 0 Å². The maximum atomic E-state index is 13.9. The standard InChI is InChI=1S/C44H66O2S/c1-29(45)46-47(32-23-21-20-22-24-32,37-33(41(8,9)10)25-30(39(2,3)4)26-34(37)42(11,12)13)38-35(43(14,15)16)27-31(40(5,6)7)28-36(38)44(17,18)19/h20-28H,1-19H3. The number of benzene rings is 3. The lowest BCUT2D eigenvalue weighted by Gasteiger charge is -2.49. The molecule has 0 bridgehead atoms. The van der Waals surface area contributed by atoms with E-state index in [0.29, 0.717) is 0 Å². The third-order valence-corrected chi connectivity index (χ3v) is 12.5. The zero-order valence-electron chi connectivity index (χ0n) is 33.4. The highest BCUT2D eigenvalue weighted by molar-refractivity contribution is 8.30. The maximum Gasteiger partial charge on any atom is 0.313 e. The Bertz CT molecular complexity index is 1440. The molecule has 3 rings (SSSR count). The zero-order valence-corrected chi connectivity index (χ0v) is 34.2. The summed E-state index contributed by atoms with van der Waals surface area (Å²) in [4.78, 5) is 17.3. The molecule has 0 saturated heterocycles. The van der Waals surface area contributed by atoms with Gasteiger partial charge in [-0.2, -0.15) is 0 Å². The fourth-order valence-corrected chi connectivity index (χ4v) is 10.8. The first-order chi connectivity index (χ1) is 20.9. The maximum absolute atomic E-state index is 13.9. The van der Waals surface area contributed by atoms with E-state index in [-0.39, 0.29) is 38.5 Å². The number of carbonyl (C=O) groups excluding carboxylic acids is 1. The summed E-state index contributed by atoms with van der Waals surface area (Å²) in [5, 5.41) is 0. The molecule has 0 aliphatic carbocycles. The quantitative estimate of drug-likeness (QED) is 0.279. The molecule has 47 heavy (non-hydrogen) atoms. The Morgan fingerprint density at radius 2 is 0.745 bits per heavy atom. The largest absolute Gasteiger partial charge is 0.402 e. The van der Waals surface area contributed by atoms with E-state index >= 15 is 0 Å². The SMILES string of the molecule is CC(=O)OS(c1ccccc1)(c1c(C(C)(C)C)cc(C(C)(C)C)cc1C(C)(C)C)c1c(C(C)(C)C)cc(C(C)(C)C)cc1C(C)(C)C. The molecule has 0 spiro atoms. The van der Waals surface area contributed by atoms with Gasteiger partial charge in [-0.3, -0.25) is 4.79 Å². The molecule has 2 nitrogen and oxygen atoms in total. The fourth-order valence-electron chi connectivity index (χ4n) is 6.23. The number of hydrogen-bond donors (Lipinski definition) is 0. The first-order valence-corrected chi connectivity index (χ1v) is 19.0. The van der Waals surface area contributed by atoms with Gasteiger partial charge in [-0.15, -0.1) is 0 Å². The average Bonchev–Trinajstić information content (AvgIpc) is 2.87. The number of hydrogen-bond acceptors (Lipinski definition) is 2. The van der Waals surface area contributed by atoms with Crippen LogP contribution >= 0.6 is 10.3 Å². The third kappa shape index (κ3) is 8.04. The second-order valence-electron chi connectivity index (χ2n) is 19.7. The van der Waals surface area contributed by atoms with Crippen molar-refractivity contribution in [1.82, 2.24) is 0 Å². The van der Waals surface area contributed by atoms with Gasteiger partial charge in [0, 0.05) is 21.6 Å². The van der Waals surface area contributed by atoms with E-state index in [2.05, 4.69) is 179 Å². The van der Waals surface area contributed by atoms with E-state index in [9.17, 15) is 4.79 Å². The van der Waals surface area contributed by atoms with Gasteiger partial charge in [0.15, 0.2) is 0 Å². The van der Waals surface area contributed by atoms with Crippen LogP contribution in [0.4, 0.5) is 0 Å². The molecular formula is C44H66O2S. The summed E-state index contributed by atoms with van der Waals surface area (Å²) < 4.78 is 7.23. The molecule has 0 amide bonds. The van der Waals surface area contributed by atoms with Crippen molar-refractivity contribution < 1.29 is 8.98 Å².